The average molecular weight is 302 g/mol. The molecular formula is C19H27OP. The topological polar surface area (TPSA) is 9.23 Å². The Labute approximate surface area is 131 Å². The highest BCUT2D eigenvalue weighted by atomic mass is 31.1. The number of rotatable bonds is 8. The lowest BCUT2D eigenvalue weighted by atomic mass is 10.0. The van der Waals surface area contributed by atoms with Gasteiger partial charge in [0.25, 0.3) is 0 Å². The molecule has 1 nitrogen and oxygen atoms in total. The Hall–Kier alpha value is -1.69. The Bertz CT molecular complexity index is 376. The van der Waals surface area contributed by atoms with Gasteiger partial charge < -0.3 is 4.52 Å². The van der Waals surface area contributed by atoms with Crippen LogP contribution in [-0.2, 0) is 10.9 Å². The van der Waals surface area contributed by atoms with E-state index in [1.165, 1.54) is 5.56 Å². The van der Waals surface area contributed by atoms with Gasteiger partial charge >= 0.3 is 0 Å². The maximum Gasteiger partial charge on any atom is 0.0757 e. The lowest BCUT2D eigenvalue weighted by Crippen LogP contribution is -2.07. The van der Waals surface area contributed by atoms with Crippen LogP contribution >= 0.6 is 8.15 Å². The molecule has 0 N–H and O–H groups in total. The Morgan fingerprint density at radius 3 is 1.90 bits per heavy atom. The van der Waals surface area contributed by atoms with Crippen LogP contribution < -0.4 is 0 Å². The molecular weight excluding hydrogens is 275 g/mol. The number of benzene rings is 1. The summed E-state index contributed by atoms with van der Waals surface area (Å²) in [5.74, 6) is 3.96. The normalized spacial score (nSPS) is 10.1. The van der Waals surface area contributed by atoms with Crippen molar-refractivity contribution in [2.45, 2.75) is 6.42 Å². The molecule has 0 aliphatic heterocycles. The van der Waals surface area contributed by atoms with Crippen LogP contribution in [-0.4, -0.2) is 6.61 Å². The Morgan fingerprint density at radius 2 is 1.48 bits per heavy atom. The van der Waals surface area contributed by atoms with Gasteiger partial charge in [0, 0.05) is 5.92 Å². The summed E-state index contributed by atoms with van der Waals surface area (Å²) in [5, 5.41) is 0. The van der Waals surface area contributed by atoms with E-state index in [0.717, 1.165) is 6.42 Å². The summed E-state index contributed by atoms with van der Waals surface area (Å²) < 4.78 is 5.72. The van der Waals surface area contributed by atoms with Gasteiger partial charge in [-0.15, -0.1) is 32.9 Å². The van der Waals surface area contributed by atoms with Gasteiger partial charge in [0.05, 0.1) is 14.8 Å². The van der Waals surface area contributed by atoms with Crippen molar-refractivity contribution in [1.82, 2.24) is 0 Å². The van der Waals surface area contributed by atoms with E-state index in [1.54, 1.807) is 0 Å². The standard InChI is InChI=1S/C15H19OP.2C2H4/c1-4-14(13-16-17(5-2)6-3)12-15-10-8-7-9-11-15;2*1-2/h4-11,14H,1-3,12-13H2;2*1-2H2. The van der Waals surface area contributed by atoms with Crippen molar-refractivity contribution in [2.24, 2.45) is 5.92 Å². The van der Waals surface area contributed by atoms with Gasteiger partial charge in [-0.1, -0.05) is 49.6 Å². The van der Waals surface area contributed by atoms with Crippen LogP contribution in [0, 0.1) is 5.92 Å². The average Bonchev–Trinajstić information content (AvgIpc) is 2.59. The highest BCUT2D eigenvalue weighted by Gasteiger charge is 2.08. The summed E-state index contributed by atoms with van der Waals surface area (Å²) in [6.07, 6.45) is 2.91. The molecule has 0 amide bonds. The quantitative estimate of drug-likeness (QED) is 0.402. The second-order valence-electron chi connectivity index (χ2n) is 3.71. The molecule has 114 valence electrons. The number of hydrogen-bond donors (Lipinski definition) is 0. The summed E-state index contributed by atoms with van der Waals surface area (Å²) in [6, 6.07) is 10.4. The zero-order valence-electron chi connectivity index (χ0n) is 12.9. The van der Waals surface area contributed by atoms with E-state index in [9.17, 15) is 0 Å². The molecule has 0 aromatic heterocycles. The number of hydrogen-bond acceptors (Lipinski definition) is 1. The second kappa shape index (κ2) is 16.4. The Morgan fingerprint density at radius 1 is 0.952 bits per heavy atom. The van der Waals surface area contributed by atoms with Crippen LogP contribution in [0.3, 0.4) is 0 Å². The van der Waals surface area contributed by atoms with Gasteiger partial charge in [0.15, 0.2) is 0 Å². The van der Waals surface area contributed by atoms with Gasteiger partial charge in [0.1, 0.15) is 0 Å². The largest absolute Gasteiger partial charge is 0.350 e. The molecule has 0 saturated heterocycles. The fourth-order valence-electron chi connectivity index (χ4n) is 1.49. The summed E-state index contributed by atoms with van der Waals surface area (Å²) in [7, 11) is -0.689. The molecule has 1 rings (SSSR count). The van der Waals surface area contributed by atoms with Gasteiger partial charge in [-0.25, -0.2) is 0 Å². The molecule has 0 heterocycles. The molecule has 0 spiro atoms. The minimum absolute atomic E-state index is 0.335. The van der Waals surface area contributed by atoms with E-state index in [-0.39, 0.29) is 0 Å². The predicted octanol–water partition coefficient (Wildman–Crippen LogP) is 6.34. The van der Waals surface area contributed by atoms with Crippen LogP contribution in [0.4, 0.5) is 0 Å². The predicted molar refractivity (Wildman–Crippen MR) is 99.6 cm³/mol. The van der Waals surface area contributed by atoms with Crippen molar-refractivity contribution in [3.8, 4) is 0 Å². The zero-order valence-corrected chi connectivity index (χ0v) is 13.8. The summed E-state index contributed by atoms with van der Waals surface area (Å²) >= 11 is 0. The minimum atomic E-state index is -0.689. The highest BCUT2D eigenvalue weighted by Crippen LogP contribution is 2.39. The van der Waals surface area contributed by atoms with Crippen molar-refractivity contribution < 1.29 is 4.52 Å². The summed E-state index contributed by atoms with van der Waals surface area (Å²) in [6.45, 7) is 24.0. The van der Waals surface area contributed by atoms with Crippen LogP contribution in [0.5, 0.6) is 0 Å². The highest BCUT2D eigenvalue weighted by molar-refractivity contribution is 7.59. The molecule has 1 aromatic carbocycles. The van der Waals surface area contributed by atoms with E-state index in [0.29, 0.717) is 12.5 Å². The first kappa shape index (κ1) is 21.6. The molecule has 2 heteroatoms. The van der Waals surface area contributed by atoms with Crippen LogP contribution in [0.2, 0.25) is 0 Å². The molecule has 21 heavy (non-hydrogen) atoms. The zero-order chi connectivity index (χ0) is 16.5. The smallest absolute Gasteiger partial charge is 0.0757 e. The Kier molecular flexibility index (Phi) is 16.8. The van der Waals surface area contributed by atoms with Gasteiger partial charge in [-0.3, -0.25) is 0 Å². The van der Waals surface area contributed by atoms with E-state index in [1.807, 2.05) is 23.8 Å². The van der Waals surface area contributed by atoms with Crippen LogP contribution in [0.25, 0.3) is 0 Å². The van der Waals surface area contributed by atoms with Crippen molar-refractivity contribution in [2.75, 3.05) is 6.61 Å². The van der Waals surface area contributed by atoms with Gasteiger partial charge in [-0.2, -0.15) is 0 Å². The van der Waals surface area contributed by atoms with E-state index >= 15 is 0 Å². The van der Waals surface area contributed by atoms with Crippen molar-refractivity contribution in [1.29, 1.82) is 0 Å². The third-order valence-electron chi connectivity index (χ3n) is 2.47. The second-order valence-corrected chi connectivity index (χ2v) is 5.41. The van der Waals surface area contributed by atoms with Crippen molar-refractivity contribution >= 4 is 8.15 Å². The van der Waals surface area contributed by atoms with Gasteiger partial charge in [0.2, 0.25) is 0 Å². The fourth-order valence-corrected chi connectivity index (χ4v) is 2.21. The van der Waals surface area contributed by atoms with E-state index in [4.69, 9.17) is 4.52 Å². The lowest BCUT2D eigenvalue weighted by molar-refractivity contribution is 0.309. The monoisotopic (exact) mass is 302 g/mol. The minimum Gasteiger partial charge on any atom is -0.350 e. The first-order valence-electron chi connectivity index (χ1n) is 6.63. The maximum absolute atomic E-state index is 5.72. The molecule has 0 fully saturated rings. The lowest BCUT2D eigenvalue weighted by Gasteiger charge is -2.15. The molecule has 1 aromatic rings. The summed E-state index contributed by atoms with van der Waals surface area (Å²) in [4.78, 5) is 0. The van der Waals surface area contributed by atoms with Crippen molar-refractivity contribution in [3.05, 3.63) is 99.7 Å². The maximum atomic E-state index is 5.72. The third-order valence-corrected chi connectivity index (χ3v) is 3.64. The summed E-state index contributed by atoms with van der Waals surface area (Å²) in [5.41, 5.74) is 1.31. The first-order valence-corrected chi connectivity index (χ1v) is 8.02. The van der Waals surface area contributed by atoms with E-state index < -0.39 is 8.15 Å². The Balaban J connectivity index is 0. The van der Waals surface area contributed by atoms with Crippen LogP contribution in [0.1, 0.15) is 5.56 Å². The molecule has 1 unspecified atom stereocenters. The molecule has 0 aliphatic rings. The SMILES string of the molecule is C=C.C=C.C=CC(COP(C=C)C=C)Cc1ccccc1. The molecule has 0 aliphatic carbocycles. The fraction of sp³-hybridized carbons (Fsp3) is 0.158. The molecule has 1 atom stereocenters. The van der Waals surface area contributed by atoms with Crippen molar-refractivity contribution in [3.63, 3.8) is 0 Å². The molecule has 0 saturated carbocycles. The third kappa shape index (κ3) is 10.7. The molecule has 0 radical (unpaired) electrons. The van der Waals surface area contributed by atoms with Gasteiger partial charge in [-0.05, 0) is 23.6 Å². The molecule has 0 bridgehead atoms. The van der Waals surface area contributed by atoms with E-state index in [2.05, 4.69) is 70.3 Å². The first-order chi connectivity index (χ1) is 10.3. The van der Waals surface area contributed by atoms with Crippen LogP contribution in [0.15, 0.2) is 94.1 Å².